The normalized spacial score (nSPS) is 10.9. The van der Waals surface area contributed by atoms with Gasteiger partial charge in [0.05, 0.1) is 5.69 Å². The van der Waals surface area contributed by atoms with Gasteiger partial charge >= 0.3 is 0 Å². The molecule has 3 aromatic rings. The molecule has 0 fully saturated rings. The van der Waals surface area contributed by atoms with E-state index in [4.69, 9.17) is 9.47 Å². The van der Waals surface area contributed by atoms with Gasteiger partial charge in [-0.1, -0.05) is 11.3 Å². The minimum atomic E-state index is -0.310. The molecule has 0 atom stereocenters. The Labute approximate surface area is 136 Å². The van der Waals surface area contributed by atoms with Crippen molar-refractivity contribution >= 4 is 28.0 Å². The minimum Gasteiger partial charge on any atom is -0.480 e. The fraction of sp³-hybridized carbons (Fsp3) is 0.286. The summed E-state index contributed by atoms with van der Waals surface area (Å²) < 4.78 is 12.4. The van der Waals surface area contributed by atoms with E-state index in [0.717, 1.165) is 5.69 Å². The van der Waals surface area contributed by atoms with E-state index in [9.17, 15) is 4.79 Å². The number of nitrogens with one attached hydrogen (secondary N) is 1. The Morgan fingerprint density at radius 1 is 1.43 bits per heavy atom. The Kier molecular flexibility index (Phi) is 4.49. The molecule has 0 unspecified atom stereocenters. The second-order valence-corrected chi connectivity index (χ2v) is 5.82. The summed E-state index contributed by atoms with van der Waals surface area (Å²) in [6.07, 6.45) is 3.77. The van der Waals surface area contributed by atoms with E-state index in [1.54, 1.807) is 13.2 Å². The van der Waals surface area contributed by atoms with Gasteiger partial charge in [-0.2, -0.15) is 0 Å². The van der Waals surface area contributed by atoms with Crippen LogP contribution in [0, 0.1) is 6.92 Å². The SMILES string of the molecule is COCc1nnc(NC(=O)COc2cccn3cc(C)nc23)s1. The van der Waals surface area contributed by atoms with Crippen molar-refractivity contribution in [1.29, 1.82) is 0 Å². The summed E-state index contributed by atoms with van der Waals surface area (Å²) in [5.41, 5.74) is 1.56. The maximum Gasteiger partial charge on any atom is 0.264 e. The predicted molar refractivity (Wildman–Crippen MR) is 84.7 cm³/mol. The molecule has 120 valence electrons. The Morgan fingerprint density at radius 3 is 3.13 bits per heavy atom. The number of hydrogen-bond donors (Lipinski definition) is 1. The molecule has 0 saturated carbocycles. The second kappa shape index (κ2) is 6.71. The van der Waals surface area contributed by atoms with Crippen LogP contribution in [0.25, 0.3) is 5.65 Å². The third-order valence-corrected chi connectivity index (χ3v) is 3.72. The summed E-state index contributed by atoms with van der Waals surface area (Å²) in [4.78, 5) is 16.3. The monoisotopic (exact) mass is 333 g/mol. The van der Waals surface area contributed by atoms with Crippen molar-refractivity contribution in [2.24, 2.45) is 0 Å². The highest BCUT2D eigenvalue weighted by atomic mass is 32.1. The number of carbonyl (C=O) groups is 1. The second-order valence-electron chi connectivity index (χ2n) is 4.76. The number of hydrogen-bond acceptors (Lipinski definition) is 7. The van der Waals surface area contributed by atoms with Gasteiger partial charge in [0.15, 0.2) is 18.0 Å². The number of aromatic nitrogens is 4. The topological polar surface area (TPSA) is 90.6 Å². The molecule has 23 heavy (non-hydrogen) atoms. The van der Waals surface area contributed by atoms with Crippen LogP contribution in [0.3, 0.4) is 0 Å². The average Bonchev–Trinajstić information content (AvgIpc) is 3.11. The number of methoxy groups -OCH3 is 1. The van der Waals surface area contributed by atoms with Crippen LogP contribution in [-0.2, 0) is 16.1 Å². The summed E-state index contributed by atoms with van der Waals surface area (Å²) in [6, 6.07) is 3.61. The molecule has 0 aliphatic heterocycles. The van der Waals surface area contributed by atoms with Crippen LogP contribution < -0.4 is 10.1 Å². The first-order chi connectivity index (χ1) is 11.2. The standard InChI is InChI=1S/C14H15N5O3S/c1-9-6-19-5-3-4-10(13(19)15-9)22-7-11(20)16-14-18-17-12(23-14)8-21-2/h3-6H,7-8H2,1-2H3,(H,16,18,20). The smallest absolute Gasteiger partial charge is 0.264 e. The lowest BCUT2D eigenvalue weighted by atomic mass is 10.4. The Bertz CT molecular complexity index is 829. The molecule has 3 aromatic heterocycles. The summed E-state index contributed by atoms with van der Waals surface area (Å²) in [6.45, 7) is 2.13. The number of amides is 1. The van der Waals surface area contributed by atoms with Crippen molar-refractivity contribution in [3.8, 4) is 5.75 Å². The van der Waals surface area contributed by atoms with Crippen molar-refractivity contribution < 1.29 is 14.3 Å². The number of rotatable bonds is 6. The van der Waals surface area contributed by atoms with Gasteiger partial charge in [0.1, 0.15) is 11.6 Å². The quantitative estimate of drug-likeness (QED) is 0.738. The molecule has 0 aromatic carbocycles. The van der Waals surface area contributed by atoms with Gasteiger partial charge in [0.25, 0.3) is 5.91 Å². The van der Waals surface area contributed by atoms with Crippen molar-refractivity contribution in [2.75, 3.05) is 19.0 Å². The van der Waals surface area contributed by atoms with Crippen molar-refractivity contribution in [3.63, 3.8) is 0 Å². The zero-order chi connectivity index (χ0) is 16.2. The fourth-order valence-electron chi connectivity index (χ4n) is 2.01. The van der Waals surface area contributed by atoms with E-state index < -0.39 is 0 Å². The first-order valence-corrected chi connectivity index (χ1v) is 7.65. The number of carbonyl (C=O) groups excluding carboxylic acids is 1. The van der Waals surface area contributed by atoms with Crippen LogP contribution in [0.1, 0.15) is 10.7 Å². The highest BCUT2D eigenvalue weighted by Crippen LogP contribution is 2.19. The molecular weight excluding hydrogens is 318 g/mol. The van der Waals surface area contributed by atoms with Gasteiger partial charge in [0, 0.05) is 19.5 Å². The van der Waals surface area contributed by atoms with Crippen LogP contribution in [-0.4, -0.2) is 39.2 Å². The van der Waals surface area contributed by atoms with Crippen LogP contribution in [0.15, 0.2) is 24.5 Å². The number of pyridine rings is 1. The number of imidazole rings is 1. The molecule has 0 aliphatic rings. The first kappa shape index (κ1) is 15.4. The van der Waals surface area contributed by atoms with Crippen LogP contribution in [0.4, 0.5) is 5.13 Å². The highest BCUT2D eigenvalue weighted by molar-refractivity contribution is 7.15. The van der Waals surface area contributed by atoms with Crippen molar-refractivity contribution in [1.82, 2.24) is 19.6 Å². The van der Waals surface area contributed by atoms with E-state index >= 15 is 0 Å². The number of ether oxygens (including phenoxy) is 2. The molecule has 3 heterocycles. The summed E-state index contributed by atoms with van der Waals surface area (Å²) >= 11 is 1.26. The molecule has 0 saturated heterocycles. The van der Waals surface area contributed by atoms with E-state index in [-0.39, 0.29) is 12.5 Å². The lowest BCUT2D eigenvalue weighted by molar-refractivity contribution is -0.118. The van der Waals surface area contributed by atoms with Crippen molar-refractivity contribution in [3.05, 3.63) is 35.2 Å². The third-order valence-electron chi connectivity index (χ3n) is 2.91. The first-order valence-electron chi connectivity index (χ1n) is 6.84. The molecule has 0 radical (unpaired) electrons. The number of aryl methyl sites for hydroxylation is 1. The summed E-state index contributed by atoms with van der Waals surface area (Å²) in [7, 11) is 1.57. The van der Waals surface area contributed by atoms with Crippen LogP contribution in [0.5, 0.6) is 5.75 Å². The van der Waals surface area contributed by atoms with Gasteiger partial charge in [-0.3, -0.25) is 10.1 Å². The maximum absolute atomic E-state index is 11.9. The highest BCUT2D eigenvalue weighted by Gasteiger charge is 2.11. The van der Waals surface area contributed by atoms with Gasteiger partial charge < -0.3 is 13.9 Å². The largest absolute Gasteiger partial charge is 0.480 e. The minimum absolute atomic E-state index is 0.134. The van der Waals surface area contributed by atoms with E-state index in [2.05, 4.69) is 20.5 Å². The molecule has 0 aliphatic carbocycles. The Balaban J connectivity index is 1.61. The lowest BCUT2D eigenvalue weighted by Crippen LogP contribution is -2.20. The van der Waals surface area contributed by atoms with Gasteiger partial charge in [-0.25, -0.2) is 4.98 Å². The Hall–Kier alpha value is -2.52. The molecule has 3 rings (SSSR count). The molecule has 0 bridgehead atoms. The number of nitrogens with zero attached hydrogens (tertiary/aromatic N) is 4. The molecule has 0 spiro atoms. The summed E-state index contributed by atoms with van der Waals surface area (Å²) in [5, 5.41) is 11.5. The zero-order valence-corrected chi connectivity index (χ0v) is 13.5. The van der Waals surface area contributed by atoms with Gasteiger partial charge in [-0.05, 0) is 19.1 Å². The van der Waals surface area contributed by atoms with E-state index in [1.165, 1.54) is 11.3 Å². The fourth-order valence-corrected chi connectivity index (χ4v) is 2.74. The molecular formula is C14H15N5O3S. The van der Waals surface area contributed by atoms with Gasteiger partial charge in [0.2, 0.25) is 5.13 Å². The zero-order valence-electron chi connectivity index (χ0n) is 12.6. The van der Waals surface area contributed by atoms with Crippen molar-refractivity contribution in [2.45, 2.75) is 13.5 Å². The van der Waals surface area contributed by atoms with Crippen LogP contribution in [0.2, 0.25) is 0 Å². The predicted octanol–water partition coefficient (Wildman–Crippen LogP) is 1.66. The number of anilines is 1. The molecule has 8 nitrogen and oxygen atoms in total. The summed E-state index contributed by atoms with van der Waals surface area (Å²) in [5.74, 6) is 0.239. The Morgan fingerprint density at radius 2 is 2.30 bits per heavy atom. The molecule has 1 amide bonds. The number of fused-ring (bicyclic) bond motifs is 1. The van der Waals surface area contributed by atoms with Gasteiger partial charge in [-0.15, -0.1) is 10.2 Å². The van der Waals surface area contributed by atoms with Crippen LogP contribution >= 0.6 is 11.3 Å². The van der Waals surface area contributed by atoms with E-state index in [1.807, 2.05) is 29.8 Å². The average molecular weight is 333 g/mol. The third kappa shape index (κ3) is 3.63. The maximum atomic E-state index is 11.9. The molecule has 9 heteroatoms. The lowest BCUT2D eigenvalue weighted by Gasteiger charge is -2.06. The molecule has 1 N–H and O–H groups in total. The van der Waals surface area contributed by atoms with E-state index in [0.29, 0.717) is 28.1 Å².